The van der Waals surface area contributed by atoms with Crippen molar-refractivity contribution >= 4 is 5.97 Å². The minimum Gasteiger partial charge on any atom is -0.466 e. The van der Waals surface area contributed by atoms with E-state index in [2.05, 4.69) is 0 Å². The predicted octanol–water partition coefficient (Wildman–Crippen LogP) is 2.86. The maximum absolute atomic E-state index is 13.8. The Bertz CT molecular complexity index is 195. The lowest BCUT2D eigenvalue weighted by Gasteiger charge is -2.31. The zero-order valence-corrected chi connectivity index (χ0v) is 9.01. The van der Waals surface area contributed by atoms with Crippen molar-refractivity contribution in [3.05, 3.63) is 0 Å². The summed E-state index contributed by atoms with van der Waals surface area (Å²) in [5, 5.41) is 0. The molecule has 1 aliphatic rings. The summed E-state index contributed by atoms with van der Waals surface area (Å²) in [4.78, 5) is 11.4. The Morgan fingerprint density at radius 2 is 2.00 bits per heavy atom. The molecule has 2 nitrogen and oxygen atoms in total. The molecule has 0 unspecified atom stereocenters. The van der Waals surface area contributed by atoms with Gasteiger partial charge in [-0.15, -0.1) is 0 Å². The largest absolute Gasteiger partial charge is 0.466 e. The van der Waals surface area contributed by atoms with Crippen molar-refractivity contribution < 1.29 is 13.9 Å². The first-order chi connectivity index (χ1) is 6.61. The zero-order valence-electron chi connectivity index (χ0n) is 9.01. The van der Waals surface area contributed by atoms with E-state index in [0.717, 1.165) is 0 Å². The monoisotopic (exact) mass is 202 g/mol. The maximum Gasteiger partial charge on any atom is 0.308 e. The lowest BCUT2D eigenvalue weighted by Crippen LogP contribution is -2.32. The number of carbonyl (C=O) groups excluding carboxylic acids is 1. The van der Waals surface area contributed by atoms with Gasteiger partial charge in [0.15, 0.2) is 0 Å². The van der Waals surface area contributed by atoms with E-state index in [0.29, 0.717) is 38.7 Å². The Morgan fingerprint density at radius 3 is 2.43 bits per heavy atom. The summed E-state index contributed by atoms with van der Waals surface area (Å²) in [5.74, 6) is -0.212. The molecule has 0 heterocycles. The number of halogens is 1. The van der Waals surface area contributed by atoms with Crippen LogP contribution in [-0.4, -0.2) is 18.2 Å². The third-order valence-corrected chi connectivity index (χ3v) is 3.14. The minimum atomic E-state index is -1.02. The number of carbonyl (C=O) groups is 1. The van der Waals surface area contributed by atoms with Gasteiger partial charge in [-0.1, -0.05) is 6.92 Å². The topological polar surface area (TPSA) is 26.3 Å². The molecule has 0 aliphatic heterocycles. The number of ether oxygens (including phenoxy) is 1. The van der Waals surface area contributed by atoms with Crippen LogP contribution in [0, 0.1) is 5.92 Å². The SMILES string of the molecule is CCOC(=O)C1CCC(F)(CC)CC1. The Hall–Kier alpha value is -0.600. The van der Waals surface area contributed by atoms with Crippen molar-refractivity contribution in [1.82, 2.24) is 0 Å². The van der Waals surface area contributed by atoms with E-state index in [1.54, 1.807) is 6.92 Å². The van der Waals surface area contributed by atoms with Gasteiger partial charge in [-0.25, -0.2) is 4.39 Å². The minimum absolute atomic E-state index is 0.0645. The first kappa shape index (κ1) is 11.5. The lowest BCUT2D eigenvalue weighted by molar-refractivity contribution is -0.150. The number of rotatable bonds is 3. The molecule has 0 spiro atoms. The van der Waals surface area contributed by atoms with Crippen LogP contribution in [0.5, 0.6) is 0 Å². The molecule has 1 fully saturated rings. The summed E-state index contributed by atoms with van der Waals surface area (Å²) in [6.07, 6.45) is 2.86. The van der Waals surface area contributed by atoms with Crippen molar-refractivity contribution in [3.63, 3.8) is 0 Å². The highest BCUT2D eigenvalue weighted by molar-refractivity contribution is 5.72. The zero-order chi connectivity index (χ0) is 10.6. The molecule has 0 radical (unpaired) electrons. The van der Waals surface area contributed by atoms with Crippen LogP contribution in [0.15, 0.2) is 0 Å². The summed E-state index contributed by atoms with van der Waals surface area (Å²) in [6.45, 7) is 4.08. The second-order valence-electron chi connectivity index (χ2n) is 4.03. The molecule has 0 N–H and O–H groups in total. The van der Waals surface area contributed by atoms with Crippen molar-refractivity contribution in [1.29, 1.82) is 0 Å². The summed E-state index contributed by atoms with van der Waals surface area (Å²) >= 11 is 0. The fourth-order valence-corrected chi connectivity index (χ4v) is 1.98. The molecule has 0 aromatic carbocycles. The maximum atomic E-state index is 13.8. The molecule has 1 aliphatic carbocycles. The molecule has 0 amide bonds. The Kier molecular flexibility index (Phi) is 3.90. The van der Waals surface area contributed by atoms with Crippen LogP contribution >= 0.6 is 0 Å². The van der Waals surface area contributed by atoms with Gasteiger partial charge >= 0.3 is 5.97 Å². The highest BCUT2D eigenvalue weighted by Crippen LogP contribution is 2.37. The highest BCUT2D eigenvalue weighted by Gasteiger charge is 2.36. The van der Waals surface area contributed by atoms with Crippen LogP contribution in [0.1, 0.15) is 46.0 Å². The van der Waals surface area contributed by atoms with E-state index in [1.807, 2.05) is 6.92 Å². The molecule has 14 heavy (non-hydrogen) atoms. The number of esters is 1. The van der Waals surface area contributed by atoms with E-state index in [-0.39, 0.29) is 11.9 Å². The smallest absolute Gasteiger partial charge is 0.308 e. The van der Waals surface area contributed by atoms with Crippen LogP contribution in [0.25, 0.3) is 0 Å². The molecule has 3 heteroatoms. The molecule has 0 bridgehead atoms. The van der Waals surface area contributed by atoms with Crippen molar-refractivity contribution in [2.45, 2.75) is 51.6 Å². The quantitative estimate of drug-likeness (QED) is 0.658. The van der Waals surface area contributed by atoms with Crippen LogP contribution in [0.3, 0.4) is 0 Å². The van der Waals surface area contributed by atoms with Gasteiger partial charge in [0.05, 0.1) is 12.5 Å². The molecular formula is C11H19FO2. The van der Waals surface area contributed by atoms with Crippen molar-refractivity contribution in [2.75, 3.05) is 6.61 Å². The molecule has 82 valence electrons. The van der Waals surface area contributed by atoms with E-state index >= 15 is 0 Å². The lowest BCUT2D eigenvalue weighted by atomic mass is 9.79. The van der Waals surface area contributed by atoms with Crippen LogP contribution in [0.4, 0.5) is 4.39 Å². The molecule has 1 saturated carbocycles. The molecular weight excluding hydrogens is 183 g/mol. The highest BCUT2D eigenvalue weighted by atomic mass is 19.1. The van der Waals surface area contributed by atoms with Gasteiger partial charge in [-0.2, -0.15) is 0 Å². The number of alkyl halides is 1. The molecule has 1 rings (SSSR count). The fraction of sp³-hybridized carbons (Fsp3) is 0.909. The van der Waals surface area contributed by atoms with Gasteiger partial charge in [-0.3, -0.25) is 4.79 Å². The average Bonchev–Trinajstić information content (AvgIpc) is 2.19. The van der Waals surface area contributed by atoms with Crippen LogP contribution in [0.2, 0.25) is 0 Å². The normalized spacial score (nSPS) is 32.6. The van der Waals surface area contributed by atoms with Gasteiger partial charge < -0.3 is 4.74 Å². The van der Waals surface area contributed by atoms with Gasteiger partial charge in [0, 0.05) is 0 Å². The Balaban J connectivity index is 2.39. The van der Waals surface area contributed by atoms with Crippen molar-refractivity contribution in [2.24, 2.45) is 5.92 Å². The fourth-order valence-electron chi connectivity index (χ4n) is 1.98. The third-order valence-electron chi connectivity index (χ3n) is 3.14. The second kappa shape index (κ2) is 4.76. The third kappa shape index (κ3) is 2.69. The average molecular weight is 202 g/mol. The predicted molar refractivity (Wildman–Crippen MR) is 52.7 cm³/mol. The van der Waals surface area contributed by atoms with Gasteiger partial charge in [0.1, 0.15) is 5.67 Å². The van der Waals surface area contributed by atoms with E-state index in [1.165, 1.54) is 0 Å². The summed E-state index contributed by atoms with van der Waals surface area (Å²) < 4.78 is 18.7. The Labute approximate surface area is 84.8 Å². The first-order valence-electron chi connectivity index (χ1n) is 5.47. The second-order valence-corrected chi connectivity index (χ2v) is 4.03. The van der Waals surface area contributed by atoms with E-state index < -0.39 is 5.67 Å². The molecule has 0 aromatic rings. The van der Waals surface area contributed by atoms with Gasteiger partial charge in [-0.05, 0) is 39.0 Å². The summed E-state index contributed by atoms with van der Waals surface area (Å²) in [5.41, 5.74) is -1.02. The summed E-state index contributed by atoms with van der Waals surface area (Å²) in [7, 11) is 0. The Morgan fingerprint density at radius 1 is 1.43 bits per heavy atom. The van der Waals surface area contributed by atoms with Gasteiger partial charge in [0.25, 0.3) is 0 Å². The standard InChI is InChI=1S/C11H19FO2/c1-3-11(12)7-5-9(6-8-11)10(13)14-4-2/h9H,3-8H2,1-2H3. The summed E-state index contributed by atoms with van der Waals surface area (Å²) in [6, 6.07) is 0. The first-order valence-corrected chi connectivity index (χ1v) is 5.47. The van der Waals surface area contributed by atoms with E-state index in [9.17, 15) is 9.18 Å². The van der Waals surface area contributed by atoms with E-state index in [4.69, 9.17) is 4.74 Å². The van der Waals surface area contributed by atoms with Gasteiger partial charge in [0.2, 0.25) is 0 Å². The molecule has 0 aromatic heterocycles. The number of hydrogen-bond donors (Lipinski definition) is 0. The number of hydrogen-bond acceptors (Lipinski definition) is 2. The van der Waals surface area contributed by atoms with Crippen LogP contribution < -0.4 is 0 Å². The molecule has 0 atom stereocenters. The van der Waals surface area contributed by atoms with Crippen LogP contribution in [-0.2, 0) is 9.53 Å². The van der Waals surface area contributed by atoms with Crippen molar-refractivity contribution in [3.8, 4) is 0 Å². The molecule has 0 saturated heterocycles.